The van der Waals surface area contributed by atoms with Gasteiger partial charge in [-0.1, -0.05) is 95.5 Å². The predicted molar refractivity (Wildman–Crippen MR) is 134 cm³/mol. The maximum absolute atomic E-state index is 12.6. The molecule has 0 bridgehead atoms. The Morgan fingerprint density at radius 1 is 1.03 bits per heavy atom. The van der Waals surface area contributed by atoms with E-state index in [4.69, 9.17) is 63.2 Å². The summed E-state index contributed by atoms with van der Waals surface area (Å²) in [6.45, 7) is 1.05. The van der Waals surface area contributed by atoms with Gasteiger partial charge < -0.3 is 33.7 Å². The predicted octanol–water partition coefficient (Wildman–Crippen LogP) is 4.44. The van der Waals surface area contributed by atoms with Crippen LogP contribution in [0.25, 0.3) is 0 Å². The third-order valence-electron chi connectivity index (χ3n) is 5.62. The van der Waals surface area contributed by atoms with Crippen LogP contribution in [0.3, 0.4) is 0 Å². The maximum Gasteiger partial charge on any atom is 0.407 e. The highest BCUT2D eigenvalue weighted by Crippen LogP contribution is 2.36. The number of carbonyl (C=O) groups excluding carboxylic acids is 2. The molecule has 0 radical (unpaired) electrons. The lowest BCUT2D eigenvalue weighted by molar-refractivity contribution is -0.346. The monoisotopic (exact) mass is 573 g/mol. The molecule has 2 aromatic carbocycles. The van der Waals surface area contributed by atoms with Crippen LogP contribution in [-0.4, -0.2) is 59.7 Å². The van der Waals surface area contributed by atoms with Gasteiger partial charge in [0.05, 0.1) is 13.2 Å². The summed E-state index contributed by atoms with van der Waals surface area (Å²) < 4.78 is 33.2. The van der Waals surface area contributed by atoms with E-state index in [1.54, 1.807) is 0 Å². The molecule has 9 nitrogen and oxygen atoms in total. The van der Waals surface area contributed by atoms with Crippen LogP contribution in [0.2, 0.25) is 0 Å². The zero-order chi connectivity index (χ0) is 26.4. The Hall–Kier alpha value is -2.11. The zero-order valence-electron chi connectivity index (χ0n) is 19.8. The molecular formula is C25H26Cl3NO8. The van der Waals surface area contributed by atoms with Crippen molar-refractivity contribution in [2.45, 2.75) is 54.3 Å². The highest BCUT2D eigenvalue weighted by Gasteiger charge is 2.53. The number of rotatable bonds is 7. The number of fused-ring (bicyclic) bond motifs is 1. The van der Waals surface area contributed by atoms with Gasteiger partial charge in [0.15, 0.2) is 18.7 Å². The minimum Gasteiger partial charge on any atom is -0.457 e. The van der Waals surface area contributed by atoms with Crippen molar-refractivity contribution in [2.24, 2.45) is 0 Å². The van der Waals surface area contributed by atoms with Crippen molar-refractivity contribution in [3.8, 4) is 0 Å². The van der Waals surface area contributed by atoms with E-state index in [1.165, 1.54) is 6.92 Å². The molecule has 0 unspecified atom stereocenters. The lowest BCUT2D eigenvalue weighted by Crippen LogP contribution is -2.67. The summed E-state index contributed by atoms with van der Waals surface area (Å²) in [7, 11) is 0. The molecule has 2 aromatic rings. The second kappa shape index (κ2) is 12.6. The van der Waals surface area contributed by atoms with Gasteiger partial charge in [0.25, 0.3) is 0 Å². The van der Waals surface area contributed by atoms with E-state index in [0.29, 0.717) is 0 Å². The molecular weight excluding hydrogens is 549 g/mol. The highest BCUT2D eigenvalue weighted by molar-refractivity contribution is 6.67. The van der Waals surface area contributed by atoms with Gasteiger partial charge in [-0.2, -0.15) is 0 Å². The van der Waals surface area contributed by atoms with Crippen LogP contribution < -0.4 is 5.32 Å². The van der Waals surface area contributed by atoms with E-state index < -0.39 is 59.4 Å². The third kappa shape index (κ3) is 7.94. The van der Waals surface area contributed by atoms with Crippen molar-refractivity contribution in [1.82, 2.24) is 5.32 Å². The first-order valence-corrected chi connectivity index (χ1v) is 12.6. The fraction of sp³-hybridized carbons (Fsp3) is 0.440. The van der Waals surface area contributed by atoms with Gasteiger partial charge in [0.1, 0.15) is 24.9 Å². The number of benzene rings is 2. The number of alkyl halides is 3. The van der Waals surface area contributed by atoms with Crippen LogP contribution in [0.5, 0.6) is 0 Å². The second-order valence-electron chi connectivity index (χ2n) is 8.45. The van der Waals surface area contributed by atoms with Crippen molar-refractivity contribution >= 4 is 46.9 Å². The zero-order valence-corrected chi connectivity index (χ0v) is 22.0. The van der Waals surface area contributed by atoms with E-state index in [1.807, 2.05) is 60.7 Å². The van der Waals surface area contributed by atoms with Gasteiger partial charge in [0.2, 0.25) is 3.79 Å². The molecule has 1 N–H and O–H groups in total. The summed E-state index contributed by atoms with van der Waals surface area (Å²) in [5.41, 5.74) is 1.65. The summed E-state index contributed by atoms with van der Waals surface area (Å²) in [5, 5.41) is 2.64. The molecule has 0 spiro atoms. The number of nitrogens with one attached hydrogen (secondary N) is 1. The third-order valence-corrected chi connectivity index (χ3v) is 5.95. The van der Waals surface area contributed by atoms with Gasteiger partial charge >= 0.3 is 12.1 Å². The Bertz CT molecular complexity index is 1040. The van der Waals surface area contributed by atoms with Gasteiger partial charge in [-0.25, -0.2) is 4.79 Å². The summed E-state index contributed by atoms with van der Waals surface area (Å²) in [6.07, 6.45) is -5.16. The molecule has 2 heterocycles. The molecule has 4 rings (SSSR count). The first kappa shape index (κ1) is 27.9. The van der Waals surface area contributed by atoms with Gasteiger partial charge in [0, 0.05) is 12.5 Å². The SMILES string of the molecule is CC(=O)O[C@@H]1[C@@H](NC(=O)OCC(Cl)(Cl)Cl)[C@@H](OCc2ccccc2)O[C@@H]2CO[C@@H](c3ccccc3)O[C@@H]12. The van der Waals surface area contributed by atoms with Crippen LogP contribution in [0.1, 0.15) is 24.3 Å². The molecule has 0 aromatic heterocycles. The first-order chi connectivity index (χ1) is 17.7. The summed E-state index contributed by atoms with van der Waals surface area (Å²) >= 11 is 17.1. The fourth-order valence-corrected chi connectivity index (χ4v) is 4.22. The van der Waals surface area contributed by atoms with Crippen LogP contribution in [0.15, 0.2) is 60.7 Å². The first-order valence-electron chi connectivity index (χ1n) is 11.5. The molecule has 2 fully saturated rings. The van der Waals surface area contributed by atoms with Gasteiger partial charge in [-0.05, 0) is 5.56 Å². The molecule has 2 aliphatic rings. The number of alkyl carbamates (subject to hydrolysis) is 1. The Labute approximate surface area is 229 Å². The molecule has 200 valence electrons. The molecule has 6 atom stereocenters. The van der Waals surface area contributed by atoms with E-state index in [-0.39, 0.29) is 13.2 Å². The van der Waals surface area contributed by atoms with E-state index in [0.717, 1.165) is 11.1 Å². The standard InChI is InChI=1S/C25H26Cl3NO8/c1-15(30)35-21-19(29-24(31)34-14-25(26,27)28)23(32-12-16-8-4-2-5-9-16)36-18-13-33-22(37-20(18)21)17-10-6-3-7-11-17/h2-11,18-23H,12-14H2,1H3,(H,29,31)/t18-,19-,20-,21-,22-,23+/m1/s1. The van der Waals surface area contributed by atoms with E-state index in [2.05, 4.69) is 5.32 Å². The quantitative estimate of drug-likeness (QED) is 0.383. The highest BCUT2D eigenvalue weighted by atomic mass is 35.6. The van der Waals surface area contributed by atoms with Crippen molar-refractivity contribution in [3.05, 3.63) is 71.8 Å². The van der Waals surface area contributed by atoms with Crippen LogP contribution in [0, 0.1) is 0 Å². The minimum absolute atomic E-state index is 0.137. The largest absolute Gasteiger partial charge is 0.457 e. The normalized spacial score (nSPS) is 27.6. The number of halogens is 3. The average Bonchev–Trinajstić information content (AvgIpc) is 2.88. The van der Waals surface area contributed by atoms with Crippen molar-refractivity contribution in [2.75, 3.05) is 13.2 Å². The van der Waals surface area contributed by atoms with Gasteiger partial charge in [-0.3, -0.25) is 4.79 Å². The molecule has 12 heteroatoms. The van der Waals surface area contributed by atoms with Crippen molar-refractivity contribution in [1.29, 1.82) is 0 Å². The van der Waals surface area contributed by atoms with Crippen LogP contribution >= 0.6 is 34.8 Å². The molecule has 0 aliphatic carbocycles. The number of carbonyl (C=O) groups is 2. The maximum atomic E-state index is 12.6. The summed E-state index contributed by atoms with van der Waals surface area (Å²) in [6, 6.07) is 17.6. The number of hydrogen-bond donors (Lipinski definition) is 1. The number of hydrogen-bond acceptors (Lipinski definition) is 8. The van der Waals surface area contributed by atoms with Crippen molar-refractivity contribution in [3.63, 3.8) is 0 Å². The summed E-state index contributed by atoms with van der Waals surface area (Å²) in [5.74, 6) is -0.583. The average molecular weight is 575 g/mol. The second-order valence-corrected chi connectivity index (χ2v) is 11.0. The van der Waals surface area contributed by atoms with E-state index >= 15 is 0 Å². The lowest BCUT2D eigenvalue weighted by atomic mass is 9.95. The van der Waals surface area contributed by atoms with Crippen molar-refractivity contribution < 1.29 is 38.0 Å². The number of ether oxygens (including phenoxy) is 6. The fourth-order valence-electron chi connectivity index (χ4n) is 4.06. The van der Waals surface area contributed by atoms with Gasteiger partial charge in [-0.15, -0.1) is 0 Å². The van der Waals surface area contributed by atoms with Crippen LogP contribution in [-0.2, 0) is 39.8 Å². The lowest BCUT2D eigenvalue weighted by Gasteiger charge is -2.48. The molecule has 2 saturated heterocycles. The van der Waals surface area contributed by atoms with E-state index in [9.17, 15) is 9.59 Å². The summed E-state index contributed by atoms with van der Waals surface area (Å²) in [4.78, 5) is 24.8. The Morgan fingerprint density at radius 2 is 1.70 bits per heavy atom. The molecule has 37 heavy (non-hydrogen) atoms. The number of esters is 1. The Morgan fingerprint density at radius 3 is 2.35 bits per heavy atom. The minimum atomic E-state index is -1.81. The topological polar surface area (TPSA) is 102 Å². The molecule has 2 aliphatic heterocycles. The number of amides is 1. The Balaban J connectivity index is 1.57. The smallest absolute Gasteiger partial charge is 0.407 e. The molecule has 1 amide bonds. The molecule has 0 saturated carbocycles. The van der Waals surface area contributed by atoms with Crippen LogP contribution in [0.4, 0.5) is 4.79 Å². The Kier molecular flexibility index (Phi) is 9.52.